The first-order valence-electron chi connectivity index (χ1n) is 7.01. The van der Waals surface area contributed by atoms with Gasteiger partial charge in [-0.1, -0.05) is 0 Å². The highest BCUT2D eigenvalue weighted by Gasteiger charge is 2.19. The molecular formula is C13H29N3O2. The molecule has 18 heavy (non-hydrogen) atoms. The van der Waals surface area contributed by atoms with Crippen LogP contribution in [0, 0.1) is 0 Å². The smallest absolute Gasteiger partial charge is 0.0700 e. The van der Waals surface area contributed by atoms with E-state index in [4.69, 9.17) is 15.2 Å². The second-order valence-corrected chi connectivity index (χ2v) is 4.92. The first kappa shape index (κ1) is 15.9. The summed E-state index contributed by atoms with van der Waals surface area (Å²) in [4.78, 5) is 4.99. The minimum absolute atomic E-state index is 0.518. The SMILES string of the molecule is COCCOCCCN1CCN(C(C)CN)CC1. The van der Waals surface area contributed by atoms with E-state index in [2.05, 4.69) is 16.7 Å². The van der Waals surface area contributed by atoms with Gasteiger partial charge in [-0.2, -0.15) is 0 Å². The predicted molar refractivity (Wildman–Crippen MR) is 73.8 cm³/mol. The van der Waals surface area contributed by atoms with Gasteiger partial charge in [-0.25, -0.2) is 0 Å². The van der Waals surface area contributed by atoms with Crippen LogP contribution in [0.25, 0.3) is 0 Å². The fourth-order valence-electron chi connectivity index (χ4n) is 2.21. The number of rotatable bonds is 9. The van der Waals surface area contributed by atoms with E-state index in [1.807, 2.05) is 0 Å². The van der Waals surface area contributed by atoms with Crippen molar-refractivity contribution in [1.82, 2.24) is 9.80 Å². The molecule has 0 bridgehead atoms. The molecule has 1 aliphatic heterocycles. The highest BCUT2D eigenvalue weighted by atomic mass is 16.5. The largest absolute Gasteiger partial charge is 0.382 e. The molecule has 0 aromatic heterocycles. The van der Waals surface area contributed by atoms with Gasteiger partial charge in [0.15, 0.2) is 0 Å². The fourth-order valence-corrected chi connectivity index (χ4v) is 2.21. The standard InChI is InChI=1S/C13H29N3O2/c1-13(12-14)16-7-5-15(6-8-16)4-3-9-18-11-10-17-2/h13H,3-12,14H2,1-2H3. The van der Waals surface area contributed by atoms with Crippen LogP contribution in [-0.4, -0.2) is 82.0 Å². The molecule has 5 nitrogen and oxygen atoms in total. The zero-order valence-corrected chi connectivity index (χ0v) is 11.9. The van der Waals surface area contributed by atoms with Crippen LogP contribution in [0.3, 0.4) is 0 Å². The third-order valence-electron chi connectivity index (χ3n) is 3.57. The quantitative estimate of drug-likeness (QED) is 0.591. The minimum atomic E-state index is 0.518. The summed E-state index contributed by atoms with van der Waals surface area (Å²) in [6.07, 6.45) is 1.11. The molecule has 108 valence electrons. The van der Waals surface area contributed by atoms with Gasteiger partial charge in [0.25, 0.3) is 0 Å². The first-order chi connectivity index (χ1) is 8.77. The number of nitrogens with two attached hydrogens (primary N) is 1. The van der Waals surface area contributed by atoms with Crippen LogP contribution in [-0.2, 0) is 9.47 Å². The Morgan fingerprint density at radius 1 is 1.11 bits per heavy atom. The first-order valence-corrected chi connectivity index (χ1v) is 7.01. The van der Waals surface area contributed by atoms with Gasteiger partial charge in [0, 0.05) is 59.0 Å². The van der Waals surface area contributed by atoms with Gasteiger partial charge < -0.3 is 20.1 Å². The van der Waals surface area contributed by atoms with Gasteiger partial charge in [0.05, 0.1) is 13.2 Å². The van der Waals surface area contributed by atoms with Gasteiger partial charge in [-0.05, 0) is 13.3 Å². The molecule has 1 aliphatic rings. The number of hydrogen-bond donors (Lipinski definition) is 1. The zero-order valence-electron chi connectivity index (χ0n) is 11.9. The lowest BCUT2D eigenvalue weighted by Crippen LogP contribution is -2.51. The Bertz CT molecular complexity index is 197. The lowest BCUT2D eigenvalue weighted by Gasteiger charge is -2.37. The molecule has 0 amide bonds. The second-order valence-electron chi connectivity index (χ2n) is 4.92. The maximum absolute atomic E-state index is 5.69. The van der Waals surface area contributed by atoms with Crippen molar-refractivity contribution in [3.63, 3.8) is 0 Å². The molecule has 0 aromatic carbocycles. The van der Waals surface area contributed by atoms with Gasteiger partial charge >= 0.3 is 0 Å². The Balaban J connectivity index is 1.98. The number of nitrogens with zero attached hydrogens (tertiary/aromatic N) is 2. The molecular weight excluding hydrogens is 230 g/mol. The van der Waals surface area contributed by atoms with Crippen molar-refractivity contribution < 1.29 is 9.47 Å². The normalized spacial score (nSPS) is 20.2. The molecule has 1 rings (SSSR count). The van der Waals surface area contributed by atoms with Crippen LogP contribution >= 0.6 is 0 Å². The number of piperazine rings is 1. The van der Waals surface area contributed by atoms with Crippen molar-refractivity contribution in [2.45, 2.75) is 19.4 Å². The molecule has 1 fully saturated rings. The summed E-state index contributed by atoms with van der Waals surface area (Å²) >= 11 is 0. The minimum Gasteiger partial charge on any atom is -0.382 e. The van der Waals surface area contributed by atoms with Crippen molar-refractivity contribution in [1.29, 1.82) is 0 Å². The van der Waals surface area contributed by atoms with E-state index in [-0.39, 0.29) is 0 Å². The molecule has 0 saturated carbocycles. The Kier molecular flexibility index (Phi) is 8.54. The molecule has 0 radical (unpaired) electrons. The summed E-state index contributed by atoms with van der Waals surface area (Å²) in [7, 11) is 1.70. The molecule has 0 aromatic rings. The maximum Gasteiger partial charge on any atom is 0.0700 e. The third kappa shape index (κ3) is 6.11. The predicted octanol–water partition coefficient (Wildman–Crippen LogP) is 0.00430. The highest BCUT2D eigenvalue weighted by molar-refractivity contribution is 4.76. The van der Waals surface area contributed by atoms with Crippen molar-refractivity contribution in [2.75, 3.05) is 66.2 Å². The molecule has 0 spiro atoms. The Morgan fingerprint density at radius 3 is 2.44 bits per heavy atom. The molecule has 1 atom stereocenters. The summed E-state index contributed by atoms with van der Waals surface area (Å²) in [5, 5.41) is 0. The van der Waals surface area contributed by atoms with Gasteiger partial charge in [-0.15, -0.1) is 0 Å². The highest BCUT2D eigenvalue weighted by Crippen LogP contribution is 2.05. The monoisotopic (exact) mass is 259 g/mol. The van der Waals surface area contributed by atoms with Crippen LogP contribution in [0.1, 0.15) is 13.3 Å². The molecule has 0 aliphatic carbocycles. The Hall–Kier alpha value is -0.200. The summed E-state index contributed by atoms with van der Waals surface area (Å²) in [5.41, 5.74) is 5.69. The maximum atomic E-state index is 5.69. The molecule has 1 heterocycles. The van der Waals surface area contributed by atoms with E-state index in [0.29, 0.717) is 19.3 Å². The summed E-state index contributed by atoms with van der Waals surface area (Å²) in [6, 6.07) is 0.518. The van der Waals surface area contributed by atoms with E-state index in [9.17, 15) is 0 Å². The van der Waals surface area contributed by atoms with E-state index >= 15 is 0 Å². The van der Waals surface area contributed by atoms with Crippen molar-refractivity contribution in [3.05, 3.63) is 0 Å². The van der Waals surface area contributed by atoms with Crippen LogP contribution < -0.4 is 5.73 Å². The Labute approximate surface area is 111 Å². The van der Waals surface area contributed by atoms with Crippen molar-refractivity contribution in [2.24, 2.45) is 5.73 Å². The van der Waals surface area contributed by atoms with Crippen LogP contribution in [0.2, 0.25) is 0 Å². The third-order valence-corrected chi connectivity index (χ3v) is 3.57. The molecule has 2 N–H and O–H groups in total. The van der Waals surface area contributed by atoms with E-state index in [1.165, 1.54) is 0 Å². The lowest BCUT2D eigenvalue weighted by molar-refractivity contribution is 0.0581. The number of methoxy groups -OCH3 is 1. The average molecular weight is 259 g/mol. The fraction of sp³-hybridized carbons (Fsp3) is 1.00. The van der Waals surface area contributed by atoms with Gasteiger partial charge in [-0.3, -0.25) is 4.90 Å². The van der Waals surface area contributed by atoms with Crippen LogP contribution in [0.5, 0.6) is 0 Å². The summed E-state index contributed by atoms with van der Waals surface area (Å²) in [6.45, 7) is 10.9. The van der Waals surface area contributed by atoms with Gasteiger partial charge in [0.1, 0.15) is 0 Å². The van der Waals surface area contributed by atoms with Crippen LogP contribution in [0.15, 0.2) is 0 Å². The molecule has 1 unspecified atom stereocenters. The molecule has 1 saturated heterocycles. The van der Waals surface area contributed by atoms with Gasteiger partial charge in [0.2, 0.25) is 0 Å². The Morgan fingerprint density at radius 2 is 1.83 bits per heavy atom. The topological polar surface area (TPSA) is 51.0 Å². The number of ether oxygens (including phenoxy) is 2. The molecule has 5 heteroatoms. The van der Waals surface area contributed by atoms with E-state index < -0.39 is 0 Å². The van der Waals surface area contributed by atoms with Crippen molar-refractivity contribution in [3.8, 4) is 0 Å². The average Bonchev–Trinajstić information content (AvgIpc) is 2.42. The number of hydrogen-bond acceptors (Lipinski definition) is 5. The van der Waals surface area contributed by atoms with E-state index in [1.54, 1.807) is 7.11 Å². The van der Waals surface area contributed by atoms with Crippen molar-refractivity contribution >= 4 is 0 Å². The van der Waals surface area contributed by atoms with E-state index in [0.717, 1.165) is 52.3 Å². The lowest BCUT2D eigenvalue weighted by atomic mass is 10.2. The summed E-state index contributed by atoms with van der Waals surface area (Å²) < 4.78 is 10.4. The summed E-state index contributed by atoms with van der Waals surface area (Å²) in [5.74, 6) is 0. The second kappa shape index (κ2) is 9.69. The zero-order chi connectivity index (χ0) is 13.2. The van der Waals surface area contributed by atoms with Crippen LogP contribution in [0.4, 0.5) is 0 Å².